The molecule has 1 unspecified atom stereocenters. The minimum atomic E-state index is -0.623. The Morgan fingerprint density at radius 3 is 2.73 bits per heavy atom. The van der Waals surface area contributed by atoms with Crippen molar-refractivity contribution in [3.8, 4) is 5.75 Å². The maximum Gasteiger partial charge on any atom is 0.127 e. The van der Waals surface area contributed by atoms with Crippen LogP contribution in [0.5, 0.6) is 5.75 Å². The van der Waals surface area contributed by atoms with Crippen molar-refractivity contribution in [3.63, 3.8) is 0 Å². The maximum absolute atomic E-state index is 9.86. The van der Waals surface area contributed by atoms with Crippen LogP contribution in [0.3, 0.4) is 0 Å². The predicted molar refractivity (Wildman–Crippen MR) is 61.4 cm³/mol. The molecule has 0 saturated carbocycles. The standard InChI is InChI=1S/C11H16ClNO2/c1-7-5-8(12)6-9(11(7)15-2)10(14)3-4-13/h5-6,10,14H,3-4,13H2,1-2H3. The van der Waals surface area contributed by atoms with E-state index in [-0.39, 0.29) is 0 Å². The fourth-order valence-electron chi connectivity index (χ4n) is 1.60. The Morgan fingerprint density at radius 1 is 1.53 bits per heavy atom. The molecular formula is C11H16ClNO2. The van der Waals surface area contributed by atoms with Crippen LogP contribution in [-0.4, -0.2) is 18.8 Å². The summed E-state index contributed by atoms with van der Waals surface area (Å²) in [7, 11) is 1.58. The molecule has 0 fully saturated rings. The number of halogens is 1. The van der Waals surface area contributed by atoms with Gasteiger partial charge in [0.15, 0.2) is 0 Å². The van der Waals surface area contributed by atoms with Crippen molar-refractivity contribution in [1.29, 1.82) is 0 Å². The molecule has 0 aliphatic rings. The summed E-state index contributed by atoms with van der Waals surface area (Å²) in [6, 6.07) is 3.52. The summed E-state index contributed by atoms with van der Waals surface area (Å²) < 4.78 is 5.24. The number of hydrogen-bond acceptors (Lipinski definition) is 3. The Hall–Kier alpha value is -0.770. The van der Waals surface area contributed by atoms with E-state index in [1.54, 1.807) is 19.2 Å². The fourth-order valence-corrected chi connectivity index (χ4v) is 1.88. The Balaban J connectivity index is 3.13. The van der Waals surface area contributed by atoms with Crippen LogP contribution in [0.2, 0.25) is 5.02 Å². The van der Waals surface area contributed by atoms with Crippen molar-refractivity contribution < 1.29 is 9.84 Å². The topological polar surface area (TPSA) is 55.5 Å². The largest absolute Gasteiger partial charge is 0.496 e. The van der Waals surface area contributed by atoms with Gasteiger partial charge in [-0.05, 0) is 37.6 Å². The molecule has 0 saturated heterocycles. The van der Waals surface area contributed by atoms with Gasteiger partial charge in [-0.1, -0.05) is 11.6 Å². The molecule has 1 aromatic rings. The summed E-state index contributed by atoms with van der Waals surface area (Å²) in [5, 5.41) is 10.5. The second-order valence-corrected chi connectivity index (χ2v) is 3.87. The number of benzene rings is 1. The molecule has 0 aliphatic heterocycles. The average Bonchev–Trinajstić information content (AvgIpc) is 2.17. The van der Waals surface area contributed by atoms with Gasteiger partial charge in [-0.15, -0.1) is 0 Å². The lowest BCUT2D eigenvalue weighted by Gasteiger charge is -2.16. The first kappa shape index (κ1) is 12.3. The van der Waals surface area contributed by atoms with Crippen molar-refractivity contribution >= 4 is 11.6 Å². The number of nitrogens with two attached hydrogens (primary N) is 1. The van der Waals surface area contributed by atoms with Gasteiger partial charge in [0.2, 0.25) is 0 Å². The highest BCUT2D eigenvalue weighted by Crippen LogP contribution is 2.33. The first-order chi connectivity index (χ1) is 7.10. The molecule has 3 nitrogen and oxygen atoms in total. The molecule has 1 atom stereocenters. The molecule has 0 aromatic heterocycles. The summed E-state index contributed by atoms with van der Waals surface area (Å²) in [6.45, 7) is 2.32. The summed E-state index contributed by atoms with van der Waals surface area (Å²) in [4.78, 5) is 0. The maximum atomic E-state index is 9.86. The SMILES string of the molecule is COc1c(C)cc(Cl)cc1C(O)CCN. The zero-order valence-electron chi connectivity index (χ0n) is 8.96. The molecule has 0 spiro atoms. The fraction of sp³-hybridized carbons (Fsp3) is 0.455. The number of ether oxygens (including phenoxy) is 1. The minimum Gasteiger partial charge on any atom is -0.496 e. The van der Waals surface area contributed by atoms with Gasteiger partial charge in [-0.25, -0.2) is 0 Å². The van der Waals surface area contributed by atoms with Crippen molar-refractivity contribution in [2.45, 2.75) is 19.4 Å². The van der Waals surface area contributed by atoms with Crippen molar-refractivity contribution in [2.75, 3.05) is 13.7 Å². The van der Waals surface area contributed by atoms with E-state index in [2.05, 4.69) is 0 Å². The van der Waals surface area contributed by atoms with E-state index < -0.39 is 6.10 Å². The monoisotopic (exact) mass is 229 g/mol. The van der Waals surface area contributed by atoms with Crippen molar-refractivity contribution in [1.82, 2.24) is 0 Å². The van der Waals surface area contributed by atoms with E-state index in [1.807, 2.05) is 6.92 Å². The number of rotatable bonds is 4. The van der Waals surface area contributed by atoms with Crippen LogP contribution in [0.25, 0.3) is 0 Å². The van der Waals surface area contributed by atoms with Gasteiger partial charge in [0.25, 0.3) is 0 Å². The minimum absolute atomic E-state index is 0.426. The Labute approximate surface area is 94.8 Å². The summed E-state index contributed by atoms with van der Waals surface area (Å²) in [5.41, 5.74) is 7.02. The summed E-state index contributed by atoms with van der Waals surface area (Å²) >= 11 is 5.93. The Bertz CT molecular complexity index is 342. The molecule has 0 bridgehead atoms. The van der Waals surface area contributed by atoms with E-state index in [1.165, 1.54) is 0 Å². The van der Waals surface area contributed by atoms with Gasteiger partial charge in [0, 0.05) is 10.6 Å². The van der Waals surface area contributed by atoms with Gasteiger partial charge in [0.05, 0.1) is 13.2 Å². The molecule has 3 N–H and O–H groups in total. The van der Waals surface area contributed by atoms with Crippen LogP contribution >= 0.6 is 11.6 Å². The van der Waals surface area contributed by atoms with Gasteiger partial charge in [-0.2, -0.15) is 0 Å². The highest BCUT2D eigenvalue weighted by molar-refractivity contribution is 6.30. The van der Waals surface area contributed by atoms with Gasteiger partial charge in [0.1, 0.15) is 5.75 Å². The van der Waals surface area contributed by atoms with E-state index in [9.17, 15) is 5.11 Å². The Morgan fingerprint density at radius 2 is 2.20 bits per heavy atom. The molecular weight excluding hydrogens is 214 g/mol. The average molecular weight is 230 g/mol. The molecule has 1 aromatic carbocycles. The zero-order valence-corrected chi connectivity index (χ0v) is 9.71. The van der Waals surface area contributed by atoms with Crippen LogP contribution in [0.15, 0.2) is 12.1 Å². The third-order valence-electron chi connectivity index (χ3n) is 2.27. The van der Waals surface area contributed by atoms with Crippen LogP contribution in [0.1, 0.15) is 23.7 Å². The molecule has 1 rings (SSSR count). The quantitative estimate of drug-likeness (QED) is 0.831. The van der Waals surface area contributed by atoms with Crippen molar-refractivity contribution in [2.24, 2.45) is 5.73 Å². The van der Waals surface area contributed by atoms with Crippen LogP contribution < -0.4 is 10.5 Å². The number of aliphatic hydroxyl groups excluding tert-OH is 1. The molecule has 0 radical (unpaired) electrons. The molecule has 0 heterocycles. The highest BCUT2D eigenvalue weighted by atomic mass is 35.5. The van der Waals surface area contributed by atoms with E-state index in [0.717, 1.165) is 5.56 Å². The third kappa shape index (κ3) is 2.84. The first-order valence-electron chi connectivity index (χ1n) is 4.82. The van der Waals surface area contributed by atoms with Gasteiger partial charge in [-0.3, -0.25) is 0 Å². The second-order valence-electron chi connectivity index (χ2n) is 3.44. The molecule has 84 valence electrons. The summed E-state index contributed by atoms with van der Waals surface area (Å²) in [5.74, 6) is 0.681. The number of methoxy groups -OCH3 is 1. The number of aliphatic hydroxyl groups is 1. The number of hydrogen-bond donors (Lipinski definition) is 2. The predicted octanol–water partition coefficient (Wildman–Crippen LogP) is 2.04. The van der Waals surface area contributed by atoms with Crippen LogP contribution in [0, 0.1) is 6.92 Å². The molecule has 4 heteroatoms. The second kappa shape index (κ2) is 5.35. The normalized spacial score (nSPS) is 12.6. The third-order valence-corrected chi connectivity index (χ3v) is 2.49. The van der Waals surface area contributed by atoms with E-state index in [0.29, 0.717) is 29.3 Å². The molecule has 0 amide bonds. The van der Waals surface area contributed by atoms with Crippen LogP contribution in [-0.2, 0) is 0 Å². The van der Waals surface area contributed by atoms with E-state index in [4.69, 9.17) is 22.1 Å². The lowest BCUT2D eigenvalue weighted by Crippen LogP contribution is -2.08. The van der Waals surface area contributed by atoms with Gasteiger partial charge >= 0.3 is 0 Å². The highest BCUT2D eigenvalue weighted by Gasteiger charge is 2.15. The zero-order chi connectivity index (χ0) is 11.4. The molecule has 15 heavy (non-hydrogen) atoms. The first-order valence-corrected chi connectivity index (χ1v) is 5.20. The lowest BCUT2D eigenvalue weighted by molar-refractivity contribution is 0.166. The van der Waals surface area contributed by atoms with Gasteiger partial charge < -0.3 is 15.6 Å². The van der Waals surface area contributed by atoms with Crippen molar-refractivity contribution in [3.05, 3.63) is 28.3 Å². The van der Waals surface area contributed by atoms with Crippen LogP contribution in [0.4, 0.5) is 0 Å². The van der Waals surface area contributed by atoms with E-state index >= 15 is 0 Å². The Kier molecular flexibility index (Phi) is 4.39. The number of aryl methyl sites for hydroxylation is 1. The lowest BCUT2D eigenvalue weighted by atomic mass is 10.0. The summed E-state index contributed by atoms with van der Waals surface area (Å²) in [6.07, 6.45) is -0.127. The smallest absolute Gasteiger partial charge is 0.127 e. The molecule has 0 aliphatic carbocycles.